The summed E-state index contributed by atoms with van der Waals surface area (Å²) in [6.07, 6.45) is 0. The van der Waals surface area contributed by atoms with E-state index in [2.05, 4.69) is 0 Å². The fourth-order valence-electron chi connectivity index (χ4n) is 0. The second kappa shape index (κ2) is 37.6. The first kappa shape index (κ1) is 20.2. The molecule has 0 aliphatic carbocycles. The number of rotatable bonds is 0. The molecule has 0 aromatic rings. The average Bonchev–Trinajstić information content (AvgIpc) is 1.00. The van der Waals surface area contributed by atoms with E-state index in [0.29, 0.717) is 0 Å². The van der Waals surface area contributed by atoms with Gasteiger partial charge in [0.1, 0.15) is 0 Å². The molecule has 1 nitrogen and oxygen atoms in total. The Morgan fingerprint density at radius 2 is 1.25 bits per heavy atom. The first-order valence-corrected chi connectivity index (χ1v) is 0.408. The Balaban J connectivity index is -0.00000000500. The van der Waals surface area contributed by atoms with Crippen molar-refractivity contribution in [2.45, 2.75) is 0 Å². The van der Waals surface area contributed by atoms with Gasteiger partial charge >= 0.3 is 29.6 Å². The van der Waals surface area contributed by atoms with Crippen LogP contribution in [0.5, 0.6) is 0 Å². The number of hydrogen-bond donors (Lipinski definition) is 0. The maximum atomic E-state index is 8.25. The third-order valence-electron chi connectivity index (χ3n) is 0. The Labute approximate surface area is 49.3 Å². The molecule has 22 valence electrons. The van der Waals surface area contributed by atoms with Gasteiger partial charge in [0.2, 0.25) is 0 Å². The predicted molar refractivity (Wildman–Crippen MR) is 12.3 cm³/mol. The van der Waals surface area contributed by atoms with Crippen LogP contribution in [0.3, 0.4) is 0 Å². The monoisotopic (exact) mass is 69.0 g/mol. The molecular weight excluding hydrogens is 63.0 g/mol. The zero-order chi connectivity index (χ0) is 2.00. The summed E-state index contributed by atoms with van der Waals surface area (Å²) in [7, 11) is 0.750. The molecule has 0 amide bonds. The van der Waals surface area contributed by atoms with Gasteiger partial charge in [0.15, 0.2) is 0 Å². The summed E-state index contributed by atoms with van der Waals surface area (Å²) in [6, 6.07) is 0. The molecule has 2 heteroatoms. The minimum atomic E-state index is 0. The standard InChI is InChI=1S/CH3O.CH3.Na/c1-2;;/h1H3;1H3;/q2*-1;+1. The van der Waals surface area contributed by atoms with Gasteiger partial charge < -0.3 is 12.5 Å². The van der Waals surface area contributed by atoms with Gasteiger partial charge in [-0.2, -0.15) is 7.11 Å². The van der Waals surface area contributed by atoms with Gasteiger partial charge in [-0.15, -0.1) is 0 Å². The molecule has 0 aliphatic rings. The summed E-state index contributed by atoms with van der Waals surface area (Å²) in [5.41, 5.74) is 0. The molecule has 0 atom stereocenters. The summed E-state index contributed by atoms with van der Waals surface area (Å²) in [5, 5.41) is 8.25. The molecule has 0 heterocycles. The van der Waals surface area contributed by atoms with Crippen molar-refractivity contribution in [1.82, 2.24) is 0 Å². The van der Waals surface area contributed by atoms with E-state index in [9.17, 15) is 0 Å². The third kappa shape index (κ3) is 12.3. The molecule has 4 heavy (non-hydrogen) atoms. The van der Waals surface area contributed by atoms with Gasteiger partial charge in [-0.1, -0.05) is 0 Å². The second-order valence-electron chi connectivity index (χ2n) is 0. The van der Waals surface area contributed by atoms with Crippen LogP contribution in [0.4, 0.5) is 0 Å². The van der Waals surface area contributed by atoms with Crippen molar-refractivity contribution in [3.8, 4) is 0 Å². The van der Waals surface area contributed by atoms with Crippen LogP contribution in [0.25, 0.3) is 0 Å². The van der Waals surface area contributed by atoms with Gasteiger partial charge in [0.05, 0.1) is 0 Å². The second-order valence-corrected chi connectivity index (χ2v) is 0. The normalized spacial score (nSPS) is 1.50. The largest absolute Gasteiger partial charge is 1.00 e. The van der Waals surface area contributed by atoms with Crippen molar-refractivity contribution in [2.75, 3.05) is 7.11 Å². The smallest absolute Gasteiger partial charge is 0.857 e. The van der Waals surface area contributed by atoms with Crippen molar-refractivity contribution in [2.24, 2.45) is 0 Å². The Bertz CT molecular complexity index is 6.00. The molecule has 0 bridgehead atoms. The van der Waals surface area contributed by atoms with E-state index in [1.807, 2.05) is 0 Å². The zero-order valence-corrected chi connectivity index (χ0v) is 5.41. The summed E-state index contributed by atoms with van der Waals surface area (Å²) in [5.74, 6) is 0. The van der Waals surface area contributed by atoms with Crippen LogP contribution in [0, 0.1) is 7.43 Å². The molecule has 0 radical (unpaired) electrons. The summed E-state index contributed by atoms with van der Waals surface area (Å²) < 4.78 is 0. The maximum Gasteiger partial charge on any atom is 1.00 e. The van der Waals surface area contributed by atoms with Crippen molar-refractivity contribution in [3.05, 3.63) is 7.43 Å². The van der Waals surface area contributed by atoms with Crippen LogP contribution in [0.15, 0.2) is 0 Å². The van der Waals surface area contributed by atoms with Gasteiger partial charge in [-0.25, -0.2) is 0 Å². The van der Waals surface area contributed by atoms with Gasteiger partial charge in [-0.05, 0) is 0 Å². The van der Waals surface area contributed by atoms with E-state index in [1.165, 1.54) is 0 Å². The molecule has 0 unspecified atom stereocenters. The predicted octanol–water partition coefficient (Wildman–Crippen LogP) is -3.57. The summed E-state index contributed by atoms with van der Waals surface area (Å²) in [4.78, 5) is 0. The Kier molecular flexibility index (Phi) is 191. The van der Waals surface area contributed by atoms with E-state index >= 15 is 0 Å². The molecule has 0 aliphatic heterocycles. The molecule has 0 rings (SSSR count). The fourth-order valence-corrected chi connectivity index (χ4v) is 0. The van der Waals surface area contributed by atoms with Crippen LogP contribution < -0.4 is 34.7 Å². The topological polar surface area (TPSA) is 23.1 Å². The van der Waals surface area contributed by atoms with E-state index in [0.717, 1.165) is 7.11 Å². The van der Waals surface area contributed by atoms with Crippen LogP contribution in [0.2, 0.25) is 0 Å². The van der Waals surface area contributed by atoms with Gasteiger partial charge in [0, 0.05) is 0 Å². The van der Waals surface area contributed by atoms with Gasteiger partial charge in [-0.3, -0.25) is 0 Å². The van der Waals surface area contributed by atoms with Crippen LogP contribution in [-0.4, -0.2) is 7.11 Å². The molecule has 0 saturated carbocycles. The quantitative estimate of drug-likeness (QED) is 0.213. The molecule has 0 spiro atoms. The fraction of sp³-hybridized carbons (Fsp3) is 0.500. The molecule has 0 aromatic heterocycles. The van der Waals surface area contributed by atoms with Crippen molar-refractivity contribution in [3.63, 3.8) is 0 Å². The van der Waals surface area contributed by atoms with Gasteiger partial charge in [0.25, 0.3) is 0 Å². The van der Waals surface area contributed by atoms with Crippen LogP contribution in [0.1, 0.15) is 0 Å². The van der Waals surface area contributed by atoms with Crippen LogP contribution in [-0.2, 0) is 0 Å². The maximum absolute atomic E-state index is 8.25. The first-order valence-electron chi connectivity index (χ1n) is 0.408. The Hall–Kier alpha value is 0.960. The molecule has 0 fully saturated rings. The minimum Gasteiger partial charge on any atom is -0.857 e. The SMILES string of the molecule is C[O-].[CH3-].[Na+]. The Morgan fingerprint density at radius 3 is 1.25 bits per heavy atom. The van der Waals surface area contributed by atoms with E-state index in [1.54, 1.807) is 0 Å². The first-order chi connectivity index (χ1) is 1.00. The zero-order valence-electron chi connectivity index (χ0n) is 3.41. The molecule has 0 N–H and O–H groups in total. The van der Waals surface area contributed by atoms with E-state index < -0.39 is 0 Å². The number of hydrogen-bond acceptors (Lipinski definition) is 1. The average molecular weight is 69.1 g/mol. The van der Waals surface area contributed by atoms with Crippen molar-refractivity contribution < 1.29 is 34.7 Å². The summed E-state index contributed by atoms with van der Waals surface area (Å²) >= 11 is 0. The van der Waals surface area contributed by atoms with Crippen LogP contribution >= 0.6 is 0 Å². The van der Waals surface area contributed by atoms with Crippen molar-refractivity contribution >= 4 is 0 Å². The molecular formula is C2H6NaO-. The Morgan fingerprint density at radius 1 is 1.25 bits per heavy atom. The molecule has 0 saturated heterocycles. The van der Waals surface area contributed by atoms with E-state index in [-0.39, 0.29) is 37.0 Å². The summed E-state index contributed by atoms with van der Waals surface area (Å²) in [6.45, 7) is 0. The van der Waals surface area contributed by atoms with E-state index in [4.69, 9.17) is 5.11 Å². The van der Waals surface area contributed by atoms with Crippen molar-refractivity contribution in [1.29, 1.82) is 0 Å². The third-order valence-corrected chi connectivity index (χ3v) is 0. The minimum absolute atomic E-state index is 0. The molecule has 0 aromatic carbocycles.